The van der Waals surface area contributed by atoms with Crippen LogP contribution in [0.25, 0.3) is 0 Å². The molecule has 0 heterocycles. The topological polar surface area (TPSA) is 0 Å². The molecule has 0 aliphatic heterocycles. The van der Waals surface area contributed by atoms with Crippen molar-refractivity contribution in [3.63, 3.8) is 0 Å². The largest absolute Gasteiger partial charge is 0.0991 e. The molecule has 0 aromatic rings. The van der Waals surface area contributed by atoms with Gasteiger partial charge in [-0.15, -0.1) is 0 Å². The van der Waals surface area contributed by atoms with Crippen LogP contribution in [0.5, 0.6) is 0 Å². The first kappa shape index (κ1) is 49.0. The van der Waals surface area contributed by atoms with Crippen molar-refractivity contribution in [2.45, 2.75) is 51.5 Å². The van der Waals surface area contributed by atoms with Gasteiger partial charge in [-0.05, 0) is 19.1 Å². The summed E-state index contributed by atoms with van der Waals surface area (Å²) in [5.41, 5.74) is 5.60. The Labute approximate surface area is 100 Å². The third kappa shape index (κ3) is 65.0. The van der Waals surface area contributed by atoms with Crippen molar-refractivity contribution >= 4 is 0 Å². The first-order valence-corrected chi connectivity index (χ1v) is 2.81. The van der Waals surface area contributed by atoms with Crippen molar-refractivity contribution in [2.24, 2.45) is 0 Å². The molecule has 0 aromatic carbocycles. The van der Waals surface area contributed by atoms with Crippen LogP contribution in [0.3, 0.4) is 0 Å². The zero-order chi connectivity index (χ0) is 6.95. The summed E-state index contributed by atoms with van der Waals surface area (Å²) in [7, 11) is 0. The Bertz CT molecular complexity index is 182. The molecule has 94 valence electrons. The summed E-state index contributed by atoms with van der Waals surface area (Å²) < 4.78 is 0. The first-order chi connectivity index (χ1) is 4.41. The minimum absolute atomic E-state index is 0. The normalized spacial score (nSPS) is 4.60. The van der Waals surface area contributed by atoms with Gasteiger partial charge in [-0.3, -0.25) is 0 Å². The van der Waals surface area contributed by atoms with Gasteiger partial charge in [0, 0.05) is 0 Å². The number of hydrogen-bond acceptors (Lipinski definition) is 0. The molecule has 0 bridgehead atoms. The SMILES string of the molecule is C.C.C.C.C.C.C=CC=CC=C=C=CC. The van der Waals surface area contributed by atoms with Crippen LogP contribution in [0.2, 0.25) is 0 Å². The zero-order valence-corrected chi connectivity index (χ0v) is 5.59. The highest BCUT2D eigenvalue weighted by atomic mass is 13.6. The Balaban J connectivity index is -0.0000000213. The van der Waals surface area contributed by atoms with E-state index in [0.29, 0.717) is 0 Å². The van der Waals surface area contributed by atoms with Crippen LogP contribution >= 0.6 is 0 Å². The Hall–Kier alpha value is -1.22. The smallest absolute Gasteiger partial charge is 0.0115 e. The van der Waals surface area contributed by atoms with Crippen LogP contribution in [0, 0.1) is 0 Å². The van der Waals surface area contributed by atoms with Crippen LogP contribution in [0.1, 0.15) is 51.5 Å². The average Bonchev–Trinajstić information content (AvgIpc) is 1.89. The fraction of sp³-hybridized carbons (Fsp3) is 0.467. The summed E-state index contributed by atoms with van der Waals surface area (Å²) in [6.45, 7) is 5.42. The molecule has 0 saturated heterocycles. The Morgan fingerprint density at radius 1 is 0.800 bits per heavy atom. The van der Waals surface area contributed by atoms with Crippen LogP contribution < -0.4 is 0 Å². The number of hydrogen-bond donors (Lipinski definition) is 0. The molecule has 15 heavy (non-hydrogen) atoms. The van der Waals surface area contributed by atoms with Gasteiger partial charge in [0.05, 0.1) is 0 Å². The van der Waals surface area contributed by atoms with E-state index >= 15 is 0 Å². The Morgan fingerprint density at radius 3 is 1.60 bits per heavy atom. The Morgan fingerprint density at radius 2 is 1.27 bits per heavy atom. The quantitative estimate of drug-likeness (QED) is 0.367. The van der Waals surface area contributed by atoms with Crippen LogP contribution in [-0.2, 0) is 0 Å². The van der Waals surface area contributed by atoms with E-state index in [1.165, 1.54) is 0 Å². The van der Waals surface area contributed by atoms with E-state index in [4.69, 9.17) is 0 Å². The van der Waals surface area contributed by atoms with Crippen LogP contribution in [-0.4, -0.2) is 0 Å². The minimum Gasteiger partial charge on any atom is -0.0991 e. The molecule has 0 heteroatoms. The van der Waals surface area contributed by atoms with Crippen molar-refractivity contribution in [3.05, 3.63) is 48.4 Å². The van der Waals surface area contributed by atoms with Crippen molar-refractivity contribution < 1.29 is 0 Å². The molecular weight excluding hydrogens is 180 g/mol. The van der Waals surface area contributed by atoms with Crippen molar-refractivity contribution in [1.82, 2.24) is 0 Å². The van der Waals surface area contributed by atoms with Gasteiger partial charge in [0.2, 0.25) is 0 Å². The molecule has 0 amide bonds. The molecule has 0 aliphatic rings. The maximum Gasteiger partial charge on any atom is -0.0115 e. The maximum absolute atomic E-state index is 3.52. The molecule has 0 fully saturated rings. The molecule has 0 N–H and O–H groups in total. The second-order valence-electron chi connectivity index (χ2n) is 1.36. The van der Waals surface area contributed by atoms with E-state index in [0.717, 1.165) is 0 Å². The summed E-state index contributed by atoms with van der Waals surface area (Å²) in [6, 6.07) is 0. The third-order valence-corrected chi connectivity index (χ3v) is 0.654. The summed E-state index contributed by atoms with van der Waals surface area (Å²) in [4.78, 5) is 0. The maximum atomic E-state index is 3.52. The van der Waals surface area contributed by atoms with E-state index < -0.39 is 0 Å². The van der Waals surface area contributed by atoms with Gasteiger partial charge < -0.3 is 0 Å². The molecule has 0 spiro atoms. The average molecular weight is 214 g/mol. The summed E-state index contributed by atoms with van der Waals surface area (Å²) >= 11 is 0. The molecule has 0 rings (SSSR count). The number of allylic oxidation sites excluding steroid dienone is 5. The lowest BCUT2D eigenvalue weighted by Crippen LogP contribution is -1.41. The molecular formula is C15H34. The second kappa shape index (κ2) is 53.1. The van der Waals surface area contributed by atoms with Gasteiger partial charge in [-0.1, -0.05) is 80.8 Å². The predicted octanol–water partition coefficient (Wildman–Crippen LogP) is 6.43. The Kier molecular flexibility index (Phi) is 173. The molecule has 0 aromatic heterocycles. The van der Waals surface area contributed by atoms with E-state index in [9.17, 15) is 0 Å². The highest BCUT2D eigenvalue weighted by Gasteiger charge is 1.52. The summed E-state index contributed by atoms with van der Waals surface area (Å²) in [6.07, 6.45) is 8.99. The van der Waals surface area contributed by atoms with Crippen molar-refractivity contribution in [3.8, 4) is 0 Å². The van der Waals surface area contributed by atoms with Crippen molar-refractivity contribution in [1.29, 1.82) is 0 Å². The number of rotatable bonds is 2. The molecule has 0 radical (unpaired) electrons. The lowest BCUT2D eigenvalue weighted by atomic mass is 10.4. The van der Waals surface area contributed by atoms with Crippen molar-refractivity contribution in [2.75, 3.05) is 0 Å². The zero-order valence-electron chi connectivity index (χ0n) is 5.59. The van der Waals surface area contributed by atoms with Crippen LogP contribution in [0.4, 0.5) is 0 Å². The molecule has 0 unspecified atom stereocenters. The highest BCUT2D eigenvalue weighted by molar-refractivity contribution is 5.08. The molecule has 0 nitrogen and oxygen atoms in total. The standard InChI is InChI=1S/C9H10.6CH4/c1-3-5-7-9-8-6-4-2;;;;;;/h3-5,7,9H,1H2,2H3;6*1H4. The lowest BCUT2D eigenvalue weighted by molar-refractivity contribution is 1.77. The lowest BCUT2D eigenvalue weighted by Gasteiger charge is -1.62. The van der Waals surface area contributed by atoms with Gasteiger partial charge in [0.25, 0.3) is 0 Å². The second-order valence-corrected chi connectivity index (χ2v) is 1.36. The van der Waals surface area contributed by atoms with Gasteiger partial charge in [-0.2, -0.15) is 0 Å². The van der Waals surface area contributed by atoms with E-state index in [1.54, 1.807) is 18.2 Å². The summed E-state index contributed by atoms with van der Waals surface area (Å²) in [5.74, 6) is 0. The fourth-order valence-corrected chi connectivity index (χ4v) is 0.314. The van der Waals surface area contributed by atoms with Gasteiger partial charge in [-0.25, -0.2) is 0 Å². The minimum atomic E-state index is 0. The van der Waals surface area contributed by atoms with Crippen LogP contribution in [0.15, 0.2) is 48.4 Å². The van der Waals surface area contributed by atoms with Gasteiger partial charge in [0.1, 0.15) is 0 Å². The third-order valence-electron chi connectivity index (χ3n) is 0.654. The monoisotopic (exact) mass is 214 g/mol. The first-order valence-electron chi connectivity index (χ1n) is 2.81. The predicted molar refractivity (Wildman–Crippen MR) is 81.6 cm³/mol. The van der Waals surface area contributed by atoms with E-state index in [-0.39, 0.29) is 44.6 Å². The fourth-order valence-electron chi connectivity index (χ4n) is 0.314. The molecule has 0 saturated carbocycles. The molecule has 0 atom stereocenters. The van der Waals surface area contributed by atoms with E-state index in [2.05, 4.69) is 18.0 Å². The highest BCUT2D eigenvalue weighted by Crippen LogP contribution is 1.72. The van der Waals surface area contributed by atoms with E-state index in [1.807, 2.05) is 19.1 Å². The molecule has 0 aliphatic carbocycles. The van der Waals surface area contributed by atoms with Gasteiger partial charge >= 0.3 is 0 Å². The summed E-state index contributed by atoms with van der Waals surface area (Å²) in [5, 5.41) is 0. The van der Waals surface area contributed by atoms with Gasteiger partial charge in [0.15, 0.2) is 0 Å².